The van der Waals surface area contributed by atoms with Gasteiger partial charge in [-0.2, -0.15) is 0 Å². The molecule has 0 fully saturated rings. The molecule has 8 heteroatoms. The molecule has 28 heavy (non-hydrogen) atoms. The van der Waals surface area contributed by atoms with E-state index in [1.807, 2.05) is 36.4 Å². The number of carbonyl (C=O) groups is 1. The molecule has 0 atom stereocenters. The molecule has 1 aromatic heterocycles. The van der Waals surface area contributed by atoms with Crippen molar-refractivity contribution < 1.29 is 19.0 Å². The molecule has 1 heterocycles. The molecule has 0 bridgehead atoms. The van der Waals surface area contributed by atoms with Crippen molar-refractivity contribution in [2.75, 3.05) is 26.1 Å². The Morgan fingerprint density at radius 2 is 1.54 bits per heavy atom. The van der Waals surface area contributed by atoms with Crippen LogP contribution >= 0.6 is 11.3 Å². The van der Waals surface area contributed by atoms with Crippen molar-refractivity contribution >= 4 is 34.5 Å². The lowest BCUT2D eigenvalue weighted by Gasteiger charge is -2.06. The smallest absolute Gasteiger partial charge is 0.264 e. The van der Waals surface area contributed by atoms with Gasteiger partial charge in [0, 0.05) is 0 Å². The molecular formula is C20H19N3O4S. The van der Waals surface area contributed by atoms with E-state index in [-0.39, 0.29) is 12.5 Å². The van der Waals surface area contributed by atoms with Crippen LogP contribution in [0.5, 0.6) is 17.2 Å². The van der Waals surface area contributed by atoms with E-state index in [1.54, 1.807) is 38.5 Å². The summed E-state index contributed by atoms with van der Waals surface area (Å²) < 4.78 is 15.6. The third-order valence-electron chi connectivity index (χ3n) is 3.65. The van der Waals surface area contributed by atoms with Crippen molar-refractivity contribution in [2.45, 2.75) is 0 Å². The van der Waals surface area contributed by atoms with Crippen LogP contribution in [0.4, 0.5) is 5.13 Å². The Kier molecular flexibility index (Phi) is 6.59. The first-order valence-electron chi connectivity index (χ1n) is 8.38. The van der Waals surface area contributed by atoms with E-state index in [4.69, 9.17) is 14.2 Å². The van der Waals surface area contributed by atoms with E-state index in [9.17, 15) is 4.79 Å². The molecule has 0 saturated carbocycles. The first-order valence-corrected chi connectivity index (χ1v) is 9.20. The Labute approximate surface area is 166 Å². The van der Waals surface area contributed by atoms with E-state index in [0.717, 1.165) is 17.1 Å². The number of methoxy groups -OCH3 is 2. The Balaban J connectivity index is 1.50. The van der Waals surface area contributed by atoms with Gasteiger partial charge in [0.15, 0.2) is 6.61 Å². The predicted octanol–water partition coefficient (Wildman–Crippen LogP) is 3.74. The first-order chi connectivity index (χ1) is 13.7. The third-order valence-corrected chi connectivity index (χ3v) is 4.45. The molecule has 0 unspecified atom stereocenters. The van der Waals surface area contributed by atoms with Gasteiger partial charge in [-0.05, 0) is 48.0 Å². The van der Waals surface area contributed by atoms with Gasteiger partial charge in [0.1, 0.15) is 22.3 Å². The summed E-state index contributed by atoms with van der Waals surface area (Å²) in [5.41, 5.74) is 1.01. The van der Waals surface area contributed by atoms with E-state index in [0.29, 0.717) is 15.9 Å². The van der Waals surface area contributed by atoms with Crippen LogP contribution < -0.4 is 19.5 Å². The molecule has 1 N–H and O–H groups in total. The zero-order valence-corrected chi connectivity index (χ0v) is 16.2. The van der Waals surface area contributed by atoms with Crippen LogP contribution in [0.2, 0.25) is 0 Å². The highest BCUT2D eigenvalue weighted by molar-refractivity contribution is 7.16. The Hall–Kier alpha value is -3.39. The molecule has 3 rings (SSSR count). The summed E-state index contributed by atoms with van der Waals surface area (Å²) in [6, 6.07) is 14.6. The molecule has 2 aromatic carbocycles. The molecule has 0 radical (unpaired) electrons. The number of anilines is 1. The molecular weight excluding hydrogens is 378 g/mol. The Morgan fingerprint density at radius 3 is 2.18 bits per heavy atom. The van der Waals surface area contributed by atoms with Gasteiger partial charge in [0.05, 0.1) is 14.2 Å². The summed E-state index contributed by atoms with van der Waals surface area (Å²) >= 11 is 1.28. The predicted molar refractivity (Wildman–Crippen MR) is 109 cm³/mol. The second-order valence-electron chi connectivity index (χ2n) is 5.56. The maximum atomic E-state index is 12.0. The Morgan fingerprint density at radius 1 is 0.929 bits per heavy atom. The fourth-order valence-electron chi connectivity index (χ4n) is 2.21. The first kappa shape index (κ1) is 19.4. The fourth-order valence-corrected chi connectivity index (χ4v) is 2.87. The van der Waals surface area contributed by atoms with Gasteiger partial charge >= 0.3 is 0 Å². The van der Waals surface area contributed by atoms with Gasteiger partial charge in [0.2, 0.25) is 5.13 Å². The fraction of sp³-hybridized carbons (Fsp3) is 0.150. The highest BCUT2D eigenvalue weighted by Gasteiger charge is 2.08. The van der Waals surface area contributed by atoms with Crippen molar-refractivity contribution in [1.29, 1.82) is 0 Å². The van der Waals surface area contributed by atoms with Crippen LogP contribution in [0.25, 0.3) is 12.2 Å². The highest BCUT2D eigenvalue weighted by atomic mass is 32.1. The normalized spacial score (nSPS) is 10.6. The van der Waals surface area contributed by atoms with Crippen LogP contribution in [0.1, 0.15) is 10.6 Å². The summed E-state index contributed by atoms with van der Waals surface area (Å²) in [7, 11) is 3.22. The Bertz CT molecular complexity index is 937. The number of benzene rings is 2. The molecule has 0 aliphatic heterocycles. The number of amides is 1. The van der Waals surface area contributed by atoms with Gasteiger partial charge in [0.25, 0.3) is 5.91 Å². The monoisotopic (exact) mass is 397 g/mol. The molecule has 3 aromatic rings. The second kappa shape index (κ2) is 9.52. The molecule has 1 amide bonds. The number of nitrogens with one attached hydrogen (secondary N) is 1. The topological polar surface area (TPSA) is 82.6 Å². The standard InChI is InChI=1S/C20H19N3O4S/c1-25-15-6-3-14(4-7-15)5-12-19-22-23-20(28-19)21-18(24)13-27-17-10-8-16(26-2)9-11-17/h3-12H,13H2,1-2H3,(H,21,23,24)/b12-5+. The van der Waals surface area contributed by atoms with Crippen molar-refractivity contribution in [3.63, 3.8) is 0 Å². The third kappa shape index (κ3) is 5.55. The highest BCUT2D eigenvalue weighted by Crippen LogP contribution is 2.20. The minimum Gasteiger partial charge on any atom is -0.497 e. The maximum absolute atomic E-state index is 12.0. The molecule has 0 aliphatic rings. The summed E-state index contributed by atoms with van der Waals surface area (Å²) in [5.74, 6) is 1.80. The number of aromatic nitrogens is 2. The average Bonchev–Trinajstić information content (AvgIpc) is 3.18. The van der Waals surface area contributed by atoms with E-state index >= 15 is 0 Å². The maximum Gasteiger partial charge on any atom is 0.264 e. The van der Waals surface area contributed by atoms with Gasteiger partial charge < -0.3 is 14.2 Å². The summed E-state index contributed by atoms with van der Waals surface area (Å²) in [6.07, 6.45) is 3.75. The van der Waals surface area contributed by atoms with Gasteiger partial charge in [-0.3, -0.25) is 10.1 Å². The average molecular weight is 397 g/mol. The number of nitrogens with zero attached hydrogens (tertiary/aromatic N) is 2. The minimum absolute atomic E-state index is 0.122. The summed E-state index contributed by atoms with van der Waals surface area (Å²) in [5, 5.41) is 11.8. The van der Waals surface area contributed by atoms with Crippen LogP contribution in [0.3, 0.4) is 0 Å². The zero-order valence-electron chi connectivity index (χ0n) is 15.4. The van der Waals surface area contributed by atoms with E-state index in [1.165, 1.54) is 11.3 Å². The van der Waals surface area contributed by atoms with Crippen LogP contribution in [-0.4, -0.2) is 36.9 Å². The number of carbonyl (C=O) groups excluding carboxylic acids is 1. The second-order valence-corrected chi connectivity index (χ2v) is 6.57. The van der Waals surface area contributed by atoms with Gasteiger partial charge in [-0.25, -0.2) is 0 Å². The SMILES string of the molecule is COc1ccc(/C=C/c2nnc(NC(=O)COc3ccc(OC)cc3)s2)cc1. The largest absolute Gasteiger partial charge is 0.497 e. The van der Waals surface area contributed by atoms with Crippen molar-refractivity contribution in [2.24, 2.45) is 0 Å². The molecule has 7 nitrogen and oxygen atoms in total. The van der Waals surface area contributed by atoms with Crippen LogP contribution in [0.15, 0.2) is 48.5 Å². The summed E-state index contributed by atoms with van der Waals surface area (Å²) in [6.45, 7) is -0.122. The number of ether oxygens (including phenoxy) is 3. The minimum atomic E-state index is -0.308. The molecule has 0 aliphatic carbocycles. The number of hydrogen-bond donors (Lipinski definition) is 1. The molecule has 0 spiro atoms. The zero-order chi connectivity index (χ0) is 19.8. The van der Waals surface area contributed by atoms with Crippen LogP contribution in [-0.2, 0) is 4.79 Å². The van der Waals surface area contributed by atoms with Crippen molar-refractivity contribution in [3.8, 4) is 17.2 Å². The quantitative estimate of drug-likeness (QED) is 0.623. The number of hydrogen-bond acceptors (Lipinski definition) is 7. The lowest BCUT2D eigenvalue weighted by Crippen LogP contribution is -2.20. The molecule has 144 valence electrons. The van der Waals surface area contributed by atoms with Crippen molar-refractivity contribution in [1.82, 2.24) is 10.2 Å². The lowest BCUT2D eigenvalue weighted by atomic mass is 10.2. The van der Waals surface area contributed by atoms with Gasteiger partial charge in [-0.1, -0.05) is 29.5 Å². The van der Waals surface area contributed by atoms with E-state index < -0.39 is 0 Å². The lowest BCUT2D eigenvalue weighted by molar-refractivity contribution is -0.118. The van der Waals surface area contributed by atoms with Gasteiger partial charge in [-0.15, -0.1) is 10.2 Å². The van der Waals surface area contributed by atoms with E-state index in [2.05, 4.69) is 15.5 Å². The summed E-state index contributed by atoms with van der Waals surface area (Å²) in [4.78, 5) is 12.0. The number of rotatable bonds is 8. The van der Waals surface area contributed by atoms with Crippen molar-refractivity contribution in [3.05, 3.63) is 59.1 Å². The molecule has 0 saturated heterocycles. The van der Waals surface area contributed by atoms with Crippen LogP contribution in [0, 0.1) is 0 Å².